The number of nitrogens with zero attached hydrogens (tertiary/aromatic N) is 2. The highest BCUT2D eigenvalue weighted by molar-refractivity contribution is 4.92. The summed E-state index contributed by atoms with van der Waals surface area (Å²) in [5.41, 5.74) is 0.366. The van der Waals surface area contributed by atoms with Gasteiger partial charge in [-0.1, -0.05) is 20.8 Å². The third kappa shape index (κ3) is 5.84. The lowest BCUT2D eigenvalue weighted by atomic mass is 9.92. The van der Waals surface area contributed by atoms with Crippen LogP contribution in [0.1, 0.15) is 33.0 Å². The molecule has 1 aromatic heterocycles. The maximum absolute atomic E-state index is 4.99. The third-order valence-electron chi connectivity index (χ3n) is 2.67. The summed E-state index contributed by atoms with van der Waals surface area (Å²) in [7, 11) is 1.71. The minimum Gasteiger partial charge on any atom is -0.383 e. The number of ether oxygens (including phenoxy) is 1. The molecule has 0 aliphatic rings. The average Bonchev–Trinajstić information content (AvgIpc) is 2.68. The van der Waals surface area contributed by atoms with Crippen LogP contribution in [-0.2, 0) is 17.8 Å². The van der Waals surface area contributed by atoms with E-state index in [1.54, 1.807) is 7.11 Å². The molecule has 0 aliphatic carbocycles. The number of hydrogen-bond donors (Lipinski definition) is 1. The molecule has 0 amide bonds. The van der Waals surface area contributed by atoms with Crippen molar-refractivity contribution in [2.45, 2.75) is 40.3 Å². The molecule has 0 saturated heterocycles. The molecule has 1 rings (SSSR count). The van der Waals surface area contributed by atoms with Gasteiger partial charge in [-0.2, -0.15) is 0 Å². The molecule has 98 valence electrons. The summed E-state index contributed by atoms with van der Waals surface area (Å²) in [5, 5.41) is 3.32. The van der Waals surface area contributed by atoms with E-state index in [1.165, 1.54) is 0 Å². The van der Waals surface area contributed by atoms with E-state index in [4.69, 9.17) is 4.74 Å². The van der Waals surface area contributed by atoms with E-state index in [1.807, 2.05) is 6.20 Å². The highest BCUT2D eigenvalue weighted by atomic mass is 16.5. The normalized spacial score (nSPS) is 12.0. The molecule has 0 atom stereocenters. The van der Waals surface area contributed by atoms with Crippen molar-refractivity contribution >= 4 is 0 Å². The van der Waals surface area contributed by atoms with Crippen molar-refractivity contribution in [1.82, 2.24) is 14.9 Å². The quantitative estimate of drug-likeness (QED) is 0.740. The van der Waals surface area contributed by atoms with Crippen LogP contribution in [0.25, 0.3) is 0 Å². The van der Waals surface area contributed by atoms with Crippen molar-refractivity contribution < 1.29 is 4.74 Å². The molecule has 0 aliphatic heterocycles. The SMILES string of the molecule is COCCNCc1nccn1CCC(C)(C)C. The monoisotopic (exact) mass is 239 g/mol. The molecular formula is C13H25N3O. The van der Waals surface area contributed by atoms with Crippen LogP contribution >= 0.6 is 0 Å². The van der Waals surface area contributed by atoms with Gasteiger partial charge in [-0.15, -0.1) is 0 Å². The van der Waals surface area contributed by atoms with Crippen LogP contribution in [0.3, 0.4) is 0 Å². The van der Waals surface area contributed by atoms with E-state index < -0.39 is 0 Å². The van der Waals surface area contributed by atoms with E-state index in [-0.39, 0.29) is 0 Å². The maximum Gasteiger partial charge on any atom is 0.122 e. The first-order valence-electron chi connectivity index (χ1n) is 6.22. The molecule has 0 spiro atoms. The van der Waals surface area contributed by atoms with Gasteiger partial charge in [0.05, 0.1) is 13.2 Å². The minimum absolute atomic E-state index is 0.366. The molecule has 0 bridgehead atoms. The van der Waals surface area contributed by atoms with E-state index in [2.05, 4.69) is 41.8 Å². The molecule has 4 nitrogen and oxygen atoms in total. The van der Waals surface area contributed by atoms with Gasteiger partial charge in [-0.05, 0) is 11.8 Å². The van der Waals surface area contributed by atoms with Gasteiger partial charge in [0.15, 0.2) is 0 Å². The number of imidazole rings is 1. The molecule has 0 unspecified atom stereocenters. The van der Waals surface area contributed by atoms with Gasteiger partial charge < -0.3 is 14.6 Å². The van der Waals surface area contributed by atoms with Crippen LogP contribution in [0, 0.1) is 5.41 Å². The van der Waals surface area contributed by atoms with E-state index in [0.717, 1.165) is 38.5 Å². The predicted octanol–water partition coefficient (Wildman–Crippen LogP) is 2.06. The number of aromatic nitrogens is 2. The van der Waals surface area contributed by atoms with Crippen molar-refractivity contribution in [3.05, 3.63) is 18.2 Å². The van der Waals surface area contributed by atoms with Gasteiger partial charge in [-0.3, -0.25) is 0 Å². The molecule has 1 N–H and O–H groups in total. The van der Waals surface area contributed by atoms with Gasteiger partial charge in [-0.25, -0.2) is 4.98 Å². The standard InChI is InChI=1S/C13H25N3O/c1-13(2,3)5-8-16-9-6-15-12(16)11-14-7-10-17-4/h6,9,14H,5,7-8,10-11H2,1-4H3. The molecular weight excluding hydrogens is 214 g/mol. The molecule has 17 heavy (non-hydrogen) atoms. The van der Waals surface area contributed by atoms with E-state index >= 15 is 0 Å². The van der Waals surface area contributed by atoms with E-state index in [0.29, 0.717) is 5.41 Å². The smallest absolute Gasteiger partial charge is 0.122 e. The van der Waals surface area contributed by atoms with Crippen LogP contribution in [0.4, 0.5) is 0 Å². The van der Waals surface area contributed by atoms with Crippen molar-refractivity contribution in [2.24, 2.45) is 5.41 Å². The van der Waals surface area contributed by atoms with Crippen LogP contribution in [0.15, 0.2) is 12.4 Å². The molecule has 0 saturated carbocycles. The number of methoxy groups -OCH3 is 1. The van der Waals surface area contributed by atoms with Crippen molar-refractivity contribution in [3.63, 3.8) is 0 Å². The fourth-order valence-electron chi connectivity index (χ4n) is 1.54. The maximum atomic E-state index is 4.99. The highest BCUT2D eigenvalue weighted by Crippen LogP contribution is 2.19. The largest absolute Gasteiger partial charge is 0.383 e. The Morgan fingerprint density at radius 1 is 1.41 bits per heavy atom. The fourth-order valence-corrected chi connectivity index (χ4v) is 1.54. The Hall–Kier alpha value is -0.870. The van der Waals surface area contributed by atoms with Gasteiger partial charge in [0, 0.05) is 32.6 Å². The van der Waals surface area contributed by atoms with Crippen molar-refractivity contribution in [2.75, 3.05) is 20.3 Å². The zero-order valence-corrected chi connectivity index (χ0v) is 11.5. The van der Waals surface area contributed by atoms with Crippen molar-refractivity contribution in [1.29, 1.82) is 0 Å². The summed E-state index contributed by atoms with van der Waals surface area (Å²) in [5.74, 6) is 1.10. The molecule has 0 aromatic carbocycles. The van der Waals surface area contributed by atoms with Gasteiger partial charge in [0.1, 0.15) is 5.82 Å². The third-order valence-corrected chi connectivity index (χ3v) is 2.67. The minimum atomic E-state index is 0.366. The van der Waals surface area contributed by atoms with Crippen LogP contribution in [-0.4, -0.2) is 29.8 Å². The Balaban J connectivity index is 2.37. The Kier molecular flexibility index (Phi) is 5.65. The van der Waals surface area contributed by atoms with Crippen LogP contribution in [0.2, 0.25) is 0 Å². The topological polar surface area (TPSA) is 39.1 Å². The van der Waals surface area contributed by atoms with E-state index in [9.17, 15) is 0 Å². The first kappa shape index (κ1) is 14.2. The number of hydrogen-bond acceptors (Lipinski definition) is 3. The number of nitrogens with one attached hydrogen (secondary N) is 1. The fraction of sp³-hybridized carbons (Fsp3) is 0.769. The number of rotatable bonds is 7. The highest BCUT2D eigenvalue weighted by Gasteiger charge is 2.11. The molecule has 0 radical (unpaired) electrons. The Bertz CT molecular complexity index is 315. The molecule has 0 fully saturated rings. The van der Waals surface area contributed by atoms with Crippen molar-refractivity contribution in [3.8, 4) is 0 Å². The Labute approximate surface area is 104 Å². The summed E-state index contributed by atoms with van der Waals surface area (Å²) in [4.78, 5) is 4.37. The predicted molar refractivity (Wildman–Crippen MR) is 69.9 cm³/mol. The Morgan fingerprint density at radius 2 is 2.18 bits per heavy atom. The van der Waals surface area contributed by atoms with Gasteiger partial charge in [0.25, 0.3) is 0 Å². The lowest BCUT2D eigenvalue weighted by molar-refractivity contribution is 0.198. The van der Waals surface area contributed by atoms with Crippen LogP contribution in [0.5, 0.6) is 0 Å². The second-order valence-electron chi connectivity index (χ2n) is 5.52. The van der Waals surface area contributed by atoms with Gasteiger partial charge in [0.2, 0.25) is 0 Å². The molecule has 4 heteroatoms. The second-order valence-corrected chi connectivity index (χ2v) is 5.52. The lowest BCUT2D eigenvalue weighted by Crippen LogP contribution is -2.21. The van der Waals surface area contributed by atoms with Crippen LogP contribution < -0.4 is 5.32 Å². The zero-order chi connectivity index (χ0) is 12.7. The first-order chi connectivity index (χ1) is 8.03. The van der Waals surface area contributed by atoms with Gasteiger partial charge >= 0.3 is 0 Å². The molecule has 1 heterocycles. The average molecular weight is 239 g/mol. The summed E-state index contributed by atoms with van der Waals surface area (Å²) in [6, 6.07) is 0. The zero-order valence-electron chi connectivity index (χ0n) is 11.5. The first-order valence-corrected chi connectivity index (χ1v) is 6.22. The second kappa shape index (κ2) is 6.77. The number of aryl methyl sites for hydroxylation is 1. The molecule has 1 aromatic rings. The summed E-state index contributed by atoms with van der Waals surface area (Å²) in [6.45, 7) is 10.2. The summed E-state index contributed by atoms with van der Waals surface area (Å²) < 4.78 is 7.22. The summed E-state index contributed by atoms with van der Waals surface area (Å²) >= 11 is 0. The Morgan fingerprint density at radius 3 is 2.82 bits per heavy atom. The summed E-state index contributed by atoms with van der Waals surface area (Å²) in [6.07, 6.45) is 5.09. The lowest BCUT2D eigenvalue weighted by Gasteiger charge is -2.19.